The third-order valence-electron chi connectivity index (χ3n) is 1.07. The first-order valence-electron chi connectivity index (χ1n) is 2.88. The summed E-state index contributed by atoms with van der Waals surface area (Å²) in [7, 11) is 0. The molecule has 0 aromatic heterocycles. The number of nitrogens with zero attached hydrogens (tertiary/aromatic N) is 2. The van der Waals surface area contributed by atoms with Crippen molar-refractivity contribution >= 4 is 12.4 Å². The van der Waals surface area contributed by atoms with Crippen molar-refractivity contribution in [1.29, 1.82) is 0 Å². The predicted octanol–water partition coefficient (Wildman–Crippen LogP) is 0.778. The molecule has 0 aromatic rings. The lowest BCUT2D eigenvalue weighted by atomic mass is 10.2. The zero-order valence-electron chi connectivity index (χ0n) is 5.04. The van der Waals surface area contributed by atoms with Crippen molar-refractivity contribution in [2.45, 2.75) is 6.92 Å². The van der Waals surface area contributed by atoms with Gasteiger partial charge in [-0.05, 0) is 0 Å². The topological polar surface area (TPSA) is 24.7 Å². The highest BCUT2D eigenvalue weighted by Gasteiger charge is 1.95. The molecule has 0 N–H and O–H groups in total. The lowest BCUT2D eigenvalue weighted by Gasteiger charge is -1.93. The van der Waals surface area contributed by atoms with E-state index in [2.05, 4.69) is 16.9 Å². The van der Waals surface area contributed by atoms with Crippen LogP contribution in [0.3, 0.4) is 0 Å². The van der Waals surface area contributed by atoms with Crippen LogP contribution in [0, 0.1) is 5.92 Å². The fourth-order valence-electron chi connectivity index (χ4n) is 0.634. The van der Waals surface area contributed by atoms with E-state index in [0.717, 1.165) is 13.1 Å². The average Bonchev–Trinajstić information content (AvgIpc) is 1.94. The molecule has 1 rings (SSSR count). The highest BCUT2D eigenvalue weighted by atomic mass is 14.8. The molecule has 0 fully saturated rings. The van der Waals surface area contributed by atoms with E-state index in [0.29, 0.717) is 5.92 Å². The van der Waals surface area contributed by atoms with E-state index in [4.69, 9.17) is 0 Å². The van der Waals surface area contributed by atoms with Crippen LogP contribution in [0.2, 0.25) is 0 Å². The summed E-state index contributed by atoms with van der Waals surface area (Å²) in [5, 5.41) is 0. The molecule has 0 aliphatic carbocycles. The second-order valence-electron chi connectivity index (χ2n) is 2.04. The molecule has 0 radical (unpaired) electrons. The Balaban J connectivity index is 2.48. The van der Waals surface area contributed by atoms with Crippen LogP contribution in [0.25, 0.3) is 0 Å². The zero-order chi connectivity index (χ0) is 5.82. The zero-order valence-corrected chi connectivity index (χ0v) is 5.04. The van der Waals surface area contributed by atoms with Crippen molar-refractivity contribution in [3.8, 4) is 0 Å². The molecule has 1 aliphatic rings. The molecule has 0 aromatic carbocycles. The molecule has 0 spiro atoms. The average molecular weight is 110 g/mol. The van der Waals surface area contributed by atoms with Gasteiger partial charge in [-0.2, -0.15) is 0 Å². The normalized spacial score (nSPS) is 27.9. The summed E-state index contributed by atoms with van der Waals surface area (Å²) in [6, 6.07) is 0. The third kappa shape index (κ3) is 1.45. The highest BCUT2D eigenvalue weighted by Crippen LogP contribution is 1.92. The number of hydrogen-bond acceptors (Lipinski definition) is 2. The Morgan fingerprint density at radius 3 is 3.25 bits per heavy atom. The Kier molecular flexibility index (Phi) is 1.78. The van der Waals surface area contributed by atoms with E-state index >= 15 is 0 Å². The summed E-state index contributed by atoms with van der Waals surface area (Å²) >= 11 is 0. The molecule has 0 saturated carbocycles. The van der Waals surface area contributed by atoms with Crippen LogP contribution in [-0.4, -0.2) is 25.5 Å². The van der Waals surface area contributed by atoms with Gasteiger partial charge >= 0.3 is 0 Å². The Hall–Kier alpha value is -0.660. The maximum atomic E-state index is 4.10. The highest BCUT2D eigenvalue weighted by molar-refractivity contribution is 5.69. The fraction of sp³-hybridized carbons (Fsp3) is 0.667. The van der Waals surface area contributed by atoms with Crippen LogP contribution < -0.4 is 0 Å². The Morgan fingerprint density at radius 2 is 2.38 bits per heavy atom. The van der Waals surface area contributed by atoms with Gasteiger partial charge in [0.1, 0.15) is 0 Å². The summed E-state index contributed by atoms with van der Waals surface area (Å²) in [5.41, 5.74) is 0. The largest absolute Gasteiger partial charge is 0.295 e. The molecule has 8 heavy (non-hydrogen) atoms. The lowest BCUT2D eigenvalue weighted by molar-refractivity contribution is 0.807. The molecule has 1 unspecified atom stereocenters. The van der Waals surface area contributed by atoms with Crippen LogP contribution in [0.4, 0.5) is 0 Å². The van der Waals surface area contributed by atoms with Gasteiger partial charge in [0, 0.05) is 24.9 Å². The number of hydrogen-bond donors (Lipinski definition) is 0. The van der Waals surface area contributed by atoms with Gasteiger partial charge in [0.15, 0.2) is 0 Å². The van der Waals surface area contributed by atoms with Crippen molar-refractivity contribution < 1.29 is 0 Å². The summed E-state index contributed by atoms with van der Waals surface area (Å²) in [6.45, 7) is 3.79. The van der Waals surface area contributed by atoms with Crippen molar-refractivity contribution in [3.63, 3.8) is 0 Å². The number of rotatable bonds is 0. The van der Waals surface area contributed by atoms with E-state index in [1.54, 1.807) is 0 Å². The monoisotopic (exact) mass is 110 g/mol. The molecule has 1 heterocycles. The fourth-order valence-corrected chi connectivity index (χ4v) is 0.634. The minimum absolute atomic E-state index is 0.536. The number of aliphatic imine (C=N–C) groups is 2. The molecule has 0 amide bonds. The molecule has 1 aliphatic heterocycles. The van der Waals surface area contributed by atoms with Gasteiger partial charge in [-0.1, -0.05) is 6.92 Å². The molecular weight excluding hydrogens is 100 g/mol. The summed E-state index contributed by atoms with van der Waals surface area (Å²) < 4.78 is 0. The van der Waals surface area contributed by atoms with Gasteiger partial charge in [0.05, 0.1) is 6.54 Å². The van der Waals surface area contributed by atoms with Gasteiger partial charge in [0.25, 0.3) is 0 Å². The minimum atomic E-state index is 0.536. The van der Waals surface area contributed by atoms with Crippen LogP contribution in [0.15, 0.2) is 9.98 Å². The molecule has 44 valence electrons. The quantitative estimate of drug-likeness (QED) is 0.440. The Bertz CT molecular complexity index is 116. The van der Waals surface area contributed by atoms with Gasteiger partial charge in [-0.3, -0.25) is 9.98 Å². The van der Waals surface area contributed by atoms with Gasteiger partial charge in [-0.25, -0.2) is 0 Å². The van der Waals surface area contributed by atoms with Crippen LogP contribution in [0.5, 0.6) is 0 Å². The van der Waals surface area contributed by atoms with E-state index in [9.17, 15) is 0 Å². The van der Waals surface area contributed by atoms with Gasteiger partial charge < -0.3 is 0 Å². The minimum Gasteiger partial charge on any atom is -0.295 e. The van der Waals surface area contributed by atoms with E-state index in [1.807, 2.05) is 12.4 Å². The van der Waals surface area contributed by atoms with E-state index in [1.165, 1.54) is 0 Å². The van der Waals surface area contributed by atoms with E-state index < -0.39 is 0 Å². The van der Waals surface area contributed by atoms with Gasteiger partial charge in [0.2, 0.25) is 0 Å². The van der Waals surface area contributed by atoms with Crippen LogP contribution >= 0.6 is 0 Å². The second-order valence-corrected chi connectivity index (χ2v) is 2.04. The van der Waals surface area contributed by atoms with Crippen molar-refractivity contribution in [1.82, 2.24) is 0 Å². The lowest BCUT2D eigenvalue weighted by Crippen LogP contribution is -1.97. The van der Waals surface area contributed by atoms with Crippen molar-refractivity contribution in [3.05, 3.63) is 0 Å². The first-order chi connectivity index (χ1) is 3.89. The first kappa shape index (κ1) is 5.48. The predicted molar refractivity (Wildman–Crippen MR) is 35.9 cm³/mol. The first-order valence-corrected chi connectivity index (χ1v) is 2.88. The molecule has 2 nitrogen and oxygen atoms in total. The standard InChI is InChI=1S/C6H10N2/c1-6-4-7-2-3-8-5-6/h2,5-6H,3-4H2,1H3. The SMILES string of the molecule is CC1C=NCC=NC1. The van der Waals surface area contributed by atoms with Crippen LogP contribution in [-0.2, 0) is 0 Å². The summed E-state index contributed by atoms with van der Waals surface area (Å²) in [6.07, 6.45) is 3.83. The van der Waals surface area contributed by atoms with Crippen molar-refractivity contribution in [2.75, 3.05) is 13.1 Å². The van der Waals surface area contributed by atoms with Crippen molar-refractivity contribution in [2.24, 2.45) is 15.9 Å². The van der Waals surface area contributed by atoms with Crippen LogP contribution in [0.1, 0.15) is 6.92 Å². The smallest absolute Gasteiger partial charge is 0.0734 e. The summed E-state index contributed by atoms with van der Waals surface area (Å²) in [5.74, 6) is 0.536. The van der Waals surface area contributed by atoms with E-state index in [-0.39, 0.29) is 0 Å². The molecule has 0 saturated heterocycles. The summed E-state index contributed by atoms with van der Waals surface area (Å²) in [4.78, 5) is 8.18. The third-order valence-corrected chi connectivity index (χ3v) is 1.07. The molecule has 0 bridgehead atoms. The Morgan fingerprint density at radius 1 is 1.50 bits per heavy atom. The molecule has 1 atom stereocenters. The molecule has 2 heteroatoms. The maximum Gasteiger partial charge on any atom is 0.0734 e. The van der Waals surface area contributed by atoms with Gasteiger partial charge in [-0.15, -0.1) is 0 Å². The second kappa shape index (κ2) is 2.60. The maximum absolute atomic E-state index is 4.10. The molecular formula is C6H10N2. The Labute approximate surface area is 49.3 Å².